The first-order chi connectivity index (χ1) is 8.08. The zero-order valence-corrected chi connectivity index (χ0v) is 10.7. The summed E-state index contributed by atoms with van der Waals surface area (Å²) in [6, 6.07) is 6.92. The molecule has 0 fully saturated rings. The number of rotatable bonds is 7. The monoisotopic (exact) mass is 239 g/mol. The van der Waals surface area contributed by atoms with E-state index in [1.165, 1.54) is 6.07 Å². The van der Waals surface area contributed by atoms with E-state index in [2.05, 4.69) is 5.32 Å². The average molecular weight is 239 g/mol. The van der Waals surface area contributed by atoms with Crippen LogP contribution in [-0.4, -0.2) is 24.8 Å². The van der Waals surface area contributed by atoms with Gasteiger partial charge in [-0.15, -0.1) is 0 Å². The molecule has 0 radical (unpaired) electrons. The summed E-state index contributed by atoms with van der Waals surface area (Å²) in [4.78, 5) is 0. The average Bonchev–Trinajstić information content (AvgIpc) is 2.29. The molecule has 0 saturated heterocycles. The molecule has 0 aliphatic heterocycles. The van der Waals surface area contributed by atoms with Gasteiger partial charge in [-0.3, -0.25) is 0 Å². The van der Waals surface area contributed by atoms with E-state index in [9.17, 15) is 4.39 Å². The largest absolute Gasteiger partial charge is 0.396 e. The lowest BCUT2D eigenvalue weighted by Crippen LogP contribution is -2.34. The van der Waals surface area contributed by atoms with Gasteiger partial charge in [0.1, 0.15) is 5.82 Å². The van der Waals surface area contributed by atoms with Gasteiger partial charge in [-0.25, -0.2) is 4.39 Å². The van der Waals surface area contributed by atoms with Gasteiger partial charge in [0.05, 0.1) is 0 Å². The minimum Gasteiger partial charge on any atom is -0.396 e. The number of halogens is 1. The second-order valence-electron chi connectivity index (χ2n) is 4.97. The van der Waals surface area contributed by atoms with Gasteiger partial charge in [0, 0.05) is 18.6 Å². The second-order valence-corrected chi connectivity index (χ2v) is 4.97. The number of benzene rings is 1. The molecule has 0 unspecified atom stereocenters. The summed E-state index contributed by atoms with van der Waals surface area (Å²) in [5, 5.41) is 12.0. The maximum atomic E-state index is 13.7. The molecule has 1 rings (SSSR count). The van der Waals surface area contributed by atoms with E-state index in [4.69, 9.17) is 5.11 Å². The number of unbranched alkanes of at least 4 members (excludes halogenated alkanes) is 1. The summed E-state index contributed by atoms with van der Waals surface area (Å²) in [7, 11) is 0. The number of aliphatic hydroxyl groups excluding tert-OH is 1. The molecule has 0 atom stereocenters. The van der Waals surface area contributed by atoms with Gasteiger partial charge in [0.25, 0.3) is 0 Å². The third-order valence-electron chi connectivity index (χ3n) is 2.93. The molecule has 2 nitrogen and oxygen atoms in total. The van der Waals surface area contributed by atoms with E-state index in [1.807, 2.05) is 26.0 Å². The van der Waals surface area contributed by atoms with E-state index >= 15 is 0 Å². The van der Waals surface area contributed by atoms with Gasteiger partial charge in [-0.2, -0.15) is 0 Å². The molecular weight excluding hydrogens is 217 g/mol. The minimum atomic E-state index is -0.218. The standard InChI is InChI=1S/C14H22FNO/c1-14(2,11-16-9-5-6-10-17)12-7-3-4-8-13(12)15/h3-4,7-8,16-17H,5-6,9-11H2,1-2H3. The van der Waals surface area contributed by atoms with E-state index in [0.29, 0.717) is 0 Å². The number of hydrogen-bond acceptors (Lipinski definition) is 2. The third kappa shape index (κ3) is 4.44. The fourth-order valence-electron chi connectivity index (χ4n) is 1.87. The normalized spacial score (nSPS) is 11.8. The fourth-order valence-corrected chi connectivity index (χ4v) is 1.87. The van der Waals surface area contributed by atoms with Crippen molar-refractivity contribution in [3.05, 3.63) is 35.6 Å². The quantitative estimate of drug-likeness (QED) is 0.716. The van der Waals surface area contributed by atoms with E-state index < -0.39 is 0 Å². The predicted molar refractivity (Wildman–Crippen MR) is 68.6 cm³/mol. The van der Waals surface area contributed by atoms with Gasteiger partial charge < -0.3 is 10.4 Å². The van der Waals surface area contributed by atoms with Crippen molar-refractivity contribution in [2.75, 3.05) is 19.7 Å². The SMILES string of the molecule is CC(C)(CNCCCCO)c1ccccc1F. The Balaban J connectivity index is 2.48. The van der Waals surface area contributed by atoms with Crippen LogP contribution in [0, 0.1) is 5.82 Å². The summed E-state index contributed by atoms with van der Waals surface area (Å²) >= 11 is 0. The van der Waals surface area contributed by atoms with Crippen molar-refractivity contribution < 1.29 is 9.50 Å². The molecule has 0 saturated carbocycles. The molecule has 17 heavy (non-hydrogen) atoms. The molecule has 96 valence electrons. The lowest BCUT2D eigenvalue weighted by Gasteiger charge is -2.26. The Kier molecular flexibility index (Phi) is 5.59. The van der Waals surface area contributed by atoms with Crippen LogP contribution >= 0.6 is 0 Å². The molecule has 1 aromatic rings. The Morgan fingerprint density at radius 3 is 2.59 bits per heavy atom. The number of nitrogens with one attached hydrogen (secondary N) is 1. The van der Waals surface area contributed by atoms with Gasteiger partial charge in [0.15, 0.2) is 0 Å². The smallest absolute Gasteiger partial charge is 0.126 e. The highest BCUT2D eigenvalue weighted by Crippen LogP contribution is 2.24. The lowest BCUT2D eigenvalue weighted by molar-refractivity contribution is 0.283. The van der Waals surface area contributed by atoms with Crippen LogP contribution in [0.2, 0.25) is 0 Å². The van der Waals surface area contributed by atoms with Crippen LogP contribution in [-0.2, 0) is 5.41 Å². The summed E-state index contributed by atoms with van der Waals surface area (Å²) in [6.07, 6.45) is 1.76. The van der Waals surface area contributed by atoms with Crippen molar-refractivity contribution in [2.24, 2.45) is 0 Å². The van der Waals surface area contributed by atoms with Crippen LogP contribution in [0.4, 0.5) is 4.39 Å². The number of hydrogen-bond donors (Lipinski definition) is 2. The molecular formula is C14H22FNO. The van der Waals surface area contributed by atoms with Crippen LogP contribution in [0.25, 0.3) is 0 Å². The van der Waals surface area contributed by atoms with Gasteiger partial charge >= 0.3 is 0 Å². The Labute approximate surface area is 103 Å². The molecule has 0 heterocycles. The van der Waals surface area contributed by atoms with Crippen LogP contribution in [0.15, 0.2) is 24.3 Å². The lowest BCUT2D eigenvalue weighted by atomic mass is 9.84. The maximum Gasteiger partial charge on any atom is 0.126 e. The Hall–Kier alpha value is -0.930. The highest BCUT2D eigenvalue weighted by Gasteiger charge is 2.22. The van der Waals surface area contributed by atoms with Crippen LogP contribution in [0.3, 0.4) is 0 Å². The predicted octanol–water partition coefficient (Wildman–Crippen LogP) is 2.47. The first-order valence-electron chi connectivity index (χ1n) is 6.14. The van der Waals surface area contributed by atoms with Gasteiger partial charge in [0.2, 0.25) is 0 Å². The molecule has 1 aromatic carbocycles. The van der Waals surface area contributed by atoms with Crippen LogP contribution < -0.4 is 5.32 Å². The minimum absolute atomic E-state index is 0.144. The zero-order chi connectivity index (χ0) is 12.7. The Morgan fingerprint density at radius 2 is 1.94 bits per heavy atom. The summed E-state index contributed by atoms with van der Waals surface area (Å²) in [6.45, 7) is 5.89. The van der Waals surface area contributed by atoms with Crippen molar-refractivity contribution in [1.82, 2.24) is 5.32 Å². The van der Waals surface area contributed by atoms with Crippen LogP contribution in [0.5, 0.6) is 0 Å². The second kappa shape index (κ2) is 6.72. The summed E-state index contributed by atoms with van der Waals surface area (Å²) < 4.78 is 13.7. The van der Waals surface area contributed by atoms with Gasteiger partial charge in [-0.05, 0) is 31.0 Å². The highest BCUT2D eigenvalue weighted by molar-refractivity contribution is 5.25. The summed E-state index contributed by atoms with van der Waals surface area (Å²) in [5.41, 5.74) is 0.527. The maximum absolute atomic E-state index is 13.7. The fraction of sp³-hybridized carbons (Fsp3) is 0.571. The van der Waals surface area contributed by atoms with Crippen LogP contribution in [0.1, 0.15) is 32.3 Å². The van der Waals surface area contributed by atoms with E-state index in [-0.39, 0.29) is 17.8 Å². The van der Waals surface area contributed by atoms with Gasteiger partial charge in [-0.1, -0.05) is 32.0 Å². The first kappa shape index (κ1) is 14.1. The topological polar surface area (TPSA) is 32.3 Å². The molecule has 0 aliphatic rings. The van der Waals surface area contributed by atoms with Crippen molar-refractivity contribution in [3.63, 3.8) is 0 Å². The third-order valence-corrected chi connectivity index (χ3v) is 2.93. The van der Waals surface area contributed by atoms with Crippen molar-refractivity contribution >= 4 is 0 Å². The molecule has 2 N–H and O–H groups in total. The van der Waals surface area contributed by atoms with E-state index in [1.54, 1.807) is 6.07 Å². The molecule has 3 heteroatoms. The first-order valence-corrected chi connectivity index (χ1v) is 6.14. The molecule has 0 aliphatic carbocycles. The molecule has 0 spiro atoms. The molecule has 0 bridgehead atoms. The zero-order valence-electron chi connectivity index (χ0n) is 10.7. The van der Waals surface area contributed by atoms with Crippen molar-refractivity contribution in [2.45, 2.75) is 32.1 Å². The Morgan fingerprint density at radius 1 is 1.24 bits per heavy atom. The van der Waals surface area contributed by atoms with Crippen molar-refractivity contribution in [1.29, 1.82) is 0 Å². The Bertz CT molecular complexity index is 339. The number of aliphatic hydroxyl groups is 1. The molecule has 0 aromatic heterocycles. The molecule has 0 amide bonds. The van der Waals surface area contributed by atoms with Crippen molar-refractivity contribution in [3.8, 4) is 0 Å². The summed E-state index contributed by atoms with van der Waals surface area (Å²) in [5.74, 6) is -0.144. The highest BCUT2D eigenvalue weighted by atomic mass is 19.1. The van der Waals surface area contributed by atoms with E-state index in [0.717, 1.165) is 31.5 Å².